The molecule has 1 aliphatic heterocycles. The van der Waals surface area contributed by atoms with Crippen LogP contribution in [-0.2, 0) is 4.79 Å². The van der Waals surface area contributed by atoms with Gasteiger partial charge in [0.1, 0.15) is 7.05 Å². The first-order valence-electron chi connectivity index (χ1n) is 9.85. The molecule has 0 amide bonds. The molecule has 0 bridgehead atoms. The number of carbonyl (C=O) groups is 1. The molecule has 3 aromatic carbocycles. The number of hydrogen-bond donors (Lipinski definition) is 1. The predicted octanol–water partition coefficient (Wildman–Crippen LogP) is 3.30. The van der Waals surface area contributed by atoms with E-state index in [1.807, 2.05) is 0 Å². The Bertz CT molecular complexity index is 1100. The molecular weight excluding hydrogens is 444 g/mol. The van der Waals surface area contributed by atoms with Crippen LogP contribution in [0.15, 0.2) is 59.1 Å². The van der Waals surface area contributed by atoms with Gasteiger partial charge in [-0.3, -0.25) is 0 Å². The third-order valence-electron chi connectivity index (χ3n) is 5.17. The molecule has 0 radical (unpaired) electrons. The molecule has 0 unspecified atom stereocenters. The van der Waals surface area contributed by atoms with E-state index in [4.69, 9.17) is 9.90 Å². The predicted molar refractivity (Wildman–Crippen MR) is 123 cm³/mol. The van der Waals surface area contributed by atoms with Crippen LogP contribution in [0.5, 0.6) is 0 Å². The molecule has 1 N–H and O–H groups in total. The van der Waals surface area contributed by atoms with E-state index in [0.717, 1.165) is 23.6 Å². The summed E-state index contributed by atoms with van der Waals surface area (Å²) < 4.78 is 3.41. The first-order chi connectivity index (χ1) is 14.4. The zero-order valence-corrected chi connectivity index (χ0v) is 18.9. The van der Waals surface area contributed by atoms with Gasteiger partial charge >= 0.3 is 0 Å². The van der Waals surface area contributed by atoms with E-state index in [-0.39, 0.29) is 6.61 Å². The van der Waals surface area contributed by atoms with Crippen LogP contribution >= 0.6 is 15.9 Å². The SMILES string of the molecule is CC(=O)[O-].CCN(CCO)c1ccc(C2=[N+](C)c3ccc(Br)c4cccc2c34)cc1. The van der Waals surface area contributed by atoms with Crippen molar-refractivity contribution in [3.63, 3.8) is 0 Å². The van der Waals surface area contributed by atoms with Crippen LogP contribution in [0.3, 0.4) is 0 Å². The van der Waals surface area contributed by atoms with Gasteiger partial charge < -0.3 is 19.9 Å². The van der Waals surface area contributed by atoms with E-state index in [1.54, 1.807) is 0 Å². The third kappa shape index (κ3) is 4.25. The van der Waals surface area contributed by atoms with Gasteiger partial charge in [0.25, 0.3) is 0 Å². The van der Waals surface area contributed by atoms with Crippen molar-refractivity contribution in [2.45, 2.75) is 13.8 Å². The number of aliphatic hydroxyl groups is 1. The van der Waals surface area contributed by atoms with Crippen molar-refractivity contribution in [1.82, 2.24) is 0 Å². The lowest BCUT2D eigenvalue weighted by Gasteiger charge is -2.22. The van der Waals surface area contributed by atoms with Gasteiger partial charge in [0, 0.05) is 46.2 Å². The second-order valence-corrected chi connectivity index (χ2v) is 7.90. The number of nitrogens with zero attached hydrogens (tertiary/aromatic N) is 2. The highest BCUT2D eigenvalue weighted by molar-refractivity contribution is 9.10. The number of rotatable bonds is 5. The zero-order valence-electron chi connectivity index (χ0n) is 17.4. The van der Waals surface area contributed by atoms with Crippen LogP contribution in [0.2, 0.25) is 0 Å². The summed E-state index contributed by atoms with van der Waals surface area (Å²) in [6.45, 7) is 4.79. The van der Waals surface area contributed by atoms with Gasteiger partial charge in [-0.15, -0.1) is 0 Å². The first-order valence-corrected chi connectivity index (χ1v) is 10.6. The maximum Gasteiger partial charge on any atom is 0.220 e. The average molecular weight is 469 g/mol. The minimum Gasteiger partial charge on any atom is -0.550 e. The van der Waals surface area contributed by atoms with Gasteiger partial charge in [0.2, 0.25) is 11.4 Å². The Balaban J connectivity index is 0.000000589. The maximum atomic E-state index is 9.24. The fourth-order valence-corrected chi connectivity index (χ4v) is 4.36. The van der Waals surface area contributed by atoms with Crippen molar-refractivity contribution in [2.75, 3.05) is 31.6 Å². The van der Waals surface area contributed by atoms with Crippen molar-refractivity contribution >= 4 is 49.8 Å². The van der Waals surface area contributed by atoms with E-state index in [0.29, 0.717) is 6.54 Å². The average Bonchev–Trinajstić information content (AvgIpc) is 3.01. The molecule has 0 atom stereocenters. The highest BCUT2D eigenvalue weighted by Crippen LogP contribution is 2.39. The van der Waals surface area contributed by atoms with Crippen LogP contribution in [0.25, 0.3) is 10.8 Å². The molecule has 0 saturated heterocycles. The van der Waals surface area contributed by atoms with Crippen LogP contribution in [0.1, 0.15) is 25.0 Å². The number of hydrogen-bond acceptors (Lipinski definition) is 4. The molecule has 3 aromatic rings. The highest BCUT2D eigenvalue weighted by atomic mass is 79.9. The van der Waals surface area contributed by atoms with Crippen LogP contribution in [0.4, 0.5) is 11.4 Å². The van der Waals surface area contributed by atoms with E-state index < -0.39 is 5.97 Å². The van der Waals surface area contributed by atoms with Crippen LogP contribution < -0.4 is 10.0 Å². The van der Waals surface area contributed by atoms with E-state index in [1.165, 1.54) is 33.3 Å². The third-order valence-corrected chi connectivity index (χ3v) is 5.87. The molecule has 0 fully saturated rings. The molecule has 5 nitrogen and oxygen atoms in total. The van der Waals surface area contributed by atoms with Crippen molar-refractivity contribution < 1.29 is 19.6 Å². The van der Waals surface area contributed by atoms with Gasteiger partial charge in [0.15, 0.2) is 0 Å². The standard InChI is InChI=1S/C22H22BrN2O.C2H4O2/c1-3-25(13-14-26)16-9-7-15(8-10-16)22-18-6-4-5-17-19(23)11-12-20(21(17)18)24(22)2;1-2(3)4/h4-12,26H,3,13-14H2,1-2H3;1H3,(H,3,4)/q+1;/p-1. The Labute approximate surface area is 185 Å². The number of aliphatic hydroxyl groups excluding tert-OH is 1. The van der Waals surface area contributed by atoms with Gasteiger partial charge in [-0.25, -0.2) is 0 Å². The first kappa shape index (κ1) is 22.0. The van der Waals surface area contributed by atoms with E-state index in [9.17, 15) is 5.11 Å². The fraction of sp³-hybridized carbons (Fsp3) is 0.250. The minimum atomic E-state index is -1.08. The Morgan fingerprint density at radius 1 is 1.13 bits per heavy atom. The summed E-state index contributed by atoms with van der Waals surface area (Å²) in [5.74, 6) is -1.08. The number of anilines is 1. The Morgan fingerprint density at radius 3 is 2.40 bits per heavy atom. The van der Waals surface area contributed by atoms with Crippen molar-refractivity contribution in [3.05, 3.63) is 70.2 Å². The van der Waals surface area contributed by atoms with Gasteiger partial charge in [-0.2, -0.15) is 4.58 Å². The molecule has 1 aliphatic rings. The molecule has 0 aromatic heterocycles. The second kappa shape index (κ2) is 9.41. The molecule has 0 spiro atoms. The minimum absolute atomic E-state index is 0.169. The number of halogens is 1. The monoisotopic (exact) mass is 468 g/mol. The van der Waals surface area contributed by atoms with Gasteiger partial charge in [-0.1, -0.05) is 28.1 Å². The molecule has 6 heteroatoms. The van der Waals surface area contributed by atoms with Crippen molar-refractivity contribution in [3.8, 4) is 0 Å². The quantitative estimate of drug-likeness (QED) is 0.583. The topological polar surface area (TPSA) is 66.6 Å². The lowest BCUT2D eigenvalue weighted by atomic mass is 9.98. The summed E-state index contributed by atoms with van der Waals surface area (Å²) in [5.41, 5.74) is 6.10. The van der Waals surface area contributed by atoms with Gasteiger partial charge in [-0.05, 0) is 50.2 Å². The molecule has 4 rings (SSSR count). The molecule has 156 valence electrons. The largest absolute Gasteiger partial charge is 0.550 e. The fourth-order valence-electron chi connectivity index (χ4n) is 3.90. The number of carbonyl (C=O) groups excluding carboxylic acids is 1. The molecule has 0 aliphatic carbocycles. The number of likely N-dealkylation sites (N-methyl/N-ethyl adjacent to an activating group) is 1. The smallest absolute Gasteiger partial charge is 0.220 e. The summed E-state index contributed by atoms with van der Waals surface area (Å²) in [5, 5.41) is 20.7. The molecule has 0 saturated carbocycles. The van der Waals surface area contributed by atoms with Crippen molar-refractivity contribution in [1.29, 1.82) is 0 Å². The maximum absolute atomic E-state index is 9.24. The highest BCUT2D eigenvalue weighted by Gasteiger charge is 2.31. The lowest BCUT2D eigenvalue weighted by Crippen LogP contribution is -2.26. The summed E-state index contributed by atoms with van der Waals surface area (Å²) in [4.78, 5) is 11.1. The van der Waals surface area contributed by atoms with Crippen LogP contribution in [-0.4, -0.2) is 48.1 Å². The molecular formula is C24H25BrN2O3. The number of aliphatic carboxylic acids is 1. The molecule has 30 heavy (non-hydrogen) atoms. The number of benzene rings is 3. The Hall–Kier alpha value is -2.70. The van der Waals surface area contributed by atoms with E-state index in [2.05, 4.69) is 94.0 Å². The molecule has 1 heterocycles. The number of carboxylic acids is 1. The van der Waals surface area contributed by atoms with Crippen molar-refractivity contribution in [2.24, 2.45) is 0 Å². The van der Waals surface area contributed by atoms with Crippen LogP contribution in [0, 0.1) is 0 Å². The lowest BCUT2D eigenvalue weighted by molar-refractivity contribution is -0.399. The normalized spacial score (nSPS) is 12.0. The Kier molecular flexibility index (Phi) is 6.90. The number of carboxylic acid groups (broad SMARTS) is 1. The summed E-state index contributed by atoms with van der Waals surface area (Å²) in [6, 6.07) is 19.5. The summed E-state index contributed by atoms with van der Waals surface area (Å²) in [6.07, 6.45) is 0. The van der Waals surface area contributed by atoms with Gasteiger partial charge in [0.05, 0.1) is 17.6 Å². The zero-order chi connectivity index (χ0) is 21.8. The second-order valence-electron chi connectivity index (χ2n) is 7.04. The summed E-state index contributed by atoms with van der Waals surface area (Å²) >= 11 is 3.68. The summed E-state index contributed by atoms with van der Waals surface area (Å²) in [7, 11) is 2.13. The van der Waals surface area contributed by atoms with E-state index >= 15 is 0 Å². The Morgan fingerprint density at radius 2 is 1.80 bits per heavy atom.